The molecule has 1 aliphatic heterocycles. The van der Waals surface area contributed by atoms with Gasteiger partial charge in [0.05, 0.1) is 6.04 Å². The van der Waals surface area contributed by atoms with Crippen LogP contribution < -0.4 is 0 Å². The van der Waals surface area contributed by atoms with Crippen molar-refractivity contribution in [2.75, 3.05) is 6.54 Å². The minimum atomic E-state index is -1.51. The van der Waals surface area contributed by atoms with Crippen LogP contribution in [0.3, 0.4) is 0 Å². The molecule has 2 aromatic carbocycles. The van der Waals surface area contributed by atoms with Crippen molar-refractivity contribution in [3.8, 4) is 5.75 Å². The zero-order valence-electron chi connectivity index (χ0n) is 16.3. The van der Waals surface area contributed by atoms with E-state index in [0.717, 1.165) is 34.4 Å². The fraction of sp³-hybridized carbons (Fsp3) is 0.391. The van der Waals surface area contributed by atoms with Crippen LogP contribution in [0.5, 0.6) is 5.75 Å². The van der Waals surface area contributed by atoms with E-state index in [1.807, 2.05) is 36.1 Å². The van der Waals surface area contributed by atoms with Gasteiger partial charge in [0.2, 0.25) is 0 Å². The highest BCUT2D eigenvalue weighted by Gasteiger charge is 2.42. The fourth-order valence-corrected chi connectivity index (χ4v) is 4.68. The Bertz CT molecular complexity index is 938. The van der Waals surface area contributed by atoms with Crippen molar-refractivity contribution in [3.63, 3.8) is 0 Å². The largest absolute Gasteiger partial charge is 0.508 e. The lowest BCUT2D eigenvalue weighted by Crippen LogP contribution is -2.47. The number of phenols is 1. The zero-order valence-corrected chi connectivity index (χ0v) is 16.3. The summed E-state index contributed by atoms with van der Waals surface area (Å²) < 4.78 is 44.4. The van der Waals surface area contributed by atoms with Crippen molar-refractivity contribution in [1.29, 1.82) is 0 Å². The Morgan fingerprint density at radius 2 is 1.79 bits per heavy atom. The molecular formula is C23H24F3NO. The van der Waals surface area contributed by atoms with E-state index >= 15 is 0 Å². The van der Waals surface area contributed by atoms with Crippen LogP contribution in [0.2, 0.25) is 0 Å². The van der Waals surface area contributed by atoms with E-state index in [1.165, 1.54) is 13.8 Å². The van der Waals surface area contributed by atoms with Crippen molar-refractivity contribution < 1.29 is 18.3 Å². The molecule has 2 nitrogen and oxygen atoms in total. The van der Waals surface area contributed by atoms with Gasteiger partial charge in [-0.2, -0.15) is 0 Å². The number of fused-ring (bicyclic) bond motifs is 2. The van der Waals surface area contributed by atoms with Crippen LogP contribution in [-0.2, 0) is 6.42 Å². The van der Waals surface area contributed by atoms with Crippen molar-refractivity contribution in [3.05, 3.63) is 70.3 Å². The summed E-state index contributed by atoms with van der Waals surface area (Å²) in [5, 5.41) is 9.58. The molecule has 0 saturated carbocycles. The number of aromatic hydroxyl groups is 1. The number of hydrogen-bond donors (Lipinski definition) is 1. The van der Waals surface area contributed by atoms with Crippen molar-refractivity contribution >= 4 is 5.57 Å². The quantitative estimate of drug-likeness (QED) is 0.745. The van der Waals surface area contributed by atoms with Crippen LogP contribution in [0.4, 0.5) is 13.2 Å². The normalized spacial score (nSPS) is 22.4. The second kappa shape index (κ2) is 6.66. The Labute approximate surface area is 163 Å². The van der Waals surface area contributed by atoms with E-state index in [-0.39, 0.29) is 18.2 Å². The molecule has 1 N–H and O–H groups in total. The molecule has 28 heavy (non-hydrogen) atoms. The molecule has 148 valence electrons. The summed E-state index contributed by atoms with van der Waals surface area (Å²) in [5.41, 5.74) is 2.65. The van der Waals surface area contributed by atoms with Crippen LogP contribution in [0.25, 0.3) is 5.57 Å². The van der Waals surface area contributed by atoms with Gasteiger partial charge in [-0.05, 0) is 55.9 Å². The van der Waals surface area contributed by atoms with Gasteiger partial charge in [-0.25, -0.2) is 13.2 Å². The fourth-order valence-electron chi connectivity index (χ4n) is 4.68. The smallest absolute Gasteiger partial charge is 0.134 e. The molecule has 0 fully saturated rings. The molecule has 5 heteroatoms. The molecule has 2 aromatic rings. The van der Waals surface area contributed by atoms with Gasteiger partial charge in [-0.15, -0.1) is 0 Å². The lowest BCUT2D eigenvalue weighted by Gasteiger charge is -2.44. The van der Waals surface area contributed by atoms with Gasteiger partial charge in [-0.3, -0.25) is 4.90 Å². The molecule has 0 amide bonds. The SMILES string of the molecule is C[C@@H]1CC2=C(Cc3ccccc32)[C@@H](c2c(F)cc(O)cc2F)N1CC(C)(C)F. The van der Waals surface area contributed by atoms with Gasteiger partial charge >= 0.3 is 0 Å². The van der Waals surface area contributed by atoms with E-state index in [9.17, 15) is 18.3 Å². The second-order valence-corrected chi connectivity index (χ2v) is 8.51. The molecule has 2 atom stereocenters. The molecule has 0 bridgehead atoms. The molecule has 1 heterocycles. The number of phenolic OH excluding ortho intramolecular Hbond substituents is 1. The minimum Gasteiger partial charge on any atom is -0.508 e. The maximum absolute atomic E-state index is 14.9. The first-order valence-electron chi connectivity index (χ1n) is 9.58. The van der Waals surface area contributed by atoms with Gasteiger partial charge in [0.1, 0.15) is 23.1 Å². The van der Waals surface area contributed by atoms with Crippen molar-refractivity contribution in [2.45, 2.75) is 51.4 Å². The second-order valence-electron chi connectivity index (χ2n) is 8.51. The van der Waals surface area contributed by atoms with E-state index < -0.39 is 29.1 Å². The average molecular weight is 387 g/mol. The number of halogens is 3. The molecule has 4 rings (SSSR count). The van der Waals surface area contributed by atoms with Crippen LogP contribution in [-0.4, -0.2) is 28.3 Å². The lowest BCUT2D eigenvalue weighted by atomic mass is 9.84. The highest BCUT2D eigenvalue weighted by molar-refractivity contribution is 5.79. The number of rotatable bonds is 3. The Balaban J connectivity index is 1.91. The number of benzene rings is 2. The summed E-state index contributed by atoms with van der Waals surface area (Å²) in [5.74, 6) is -2.06. The third kappa shape index (κ3) is 3.22. The topological polar surface area (TPSA) is 23.5 Å². The summed E-state index contributed by atoms with van der Waals surface area (Å²) in [6.45, 7) is 4.99. The molecule has 0 spiro atoms. The highest BCUT2D eigenvalue weighted by Crippen LogP contribution is 2.50. The molecule has 0 aromatic heterocycles. The van der Waals surface area contributed by atoms with Gasteiger partial charge in [0, 0.05) is 30.3 Å². The Hall–Kier alpha value is -2.27. The lowest BCUT2D eigenvalue weighted by molar-refractivity contribution is 0.0676. The van der Waals surface area contributed by atoms with E-state index in [1.54, 1.807) is 0 Å². The Morgan fingerprint density at radius 1 is 1.14 bits per heavy atom. The van der Waals surface area contributed by atoms with Crippen molar-refractivity contribution in [2.24, 2.45) is 0 Å². The van der Waals surface area contributed by atoms with Gasteiger partial charge in [0.25, 0.3) is 0 Å². The number of hydrogen-bond acceptors (Lipinski definition) is 2. The number of alkyl halides is 1. The summed E-state index contributed by atoms with van der Waals surface area (Å²) in [6.07, 6.45) is 1.30. The van der Waals surface area contributed by atoms with E-state index in [0.29, 0.717) is 12.8 Å². The molecule has 0 radical (unpaired) electrons. The van der Waals surface area contributed by atoms with Crippen LogP contribution >= 0.6 is 0 Å². The van der Waals surface area contributed by atoms with Crippen LogP contribution in [0.15, 0.2) is 42.0 Å². The van der Waals surface area contributed by atoms with E-state index in [4.69, 9.17) is 0 Å². The first kappa shape index (κ1) is 19.1. The van der Waals surface area contributed by atoms with Gasteiger partial charge in [0.15, 0.2) is 0 Å². The maximum Gasteiger partial charge on any atom is 0.134 e. The summed E-state index contributed by atoms with van der Waals surface area (Å²) in [4.78, 5) is 1.86. The number of nitrogens with zero attached hydrogens (tertiary/aromatic N) is 1. The summed E-state index contributed by atoms with van der Waals surface area (Å²) in [6, 6.07) is 9.06. The Morgan fingerprint density at radius 3 is 2.43 bits per heavy atom. The third-order valence-electron chi connectivity index (χ3n) is 5.73. The van der Waals surface area contributed by atoms with E-state index in [2.05, 4.69) is 0 Å². The minimum absolute atomic E-state index is 0.0612. The maximum atomic E-state index is 14.9. The predicted octanol–water partition coefficient (Wildman–Crippen LogP) is 5.56. The third-order valence-corrected chi connectivity index (χ3v) is 5.73. The molecule has 0 saturated heterocycles. The summed E-state index contributed by atoms with van der Waals surface area (Å²) >= 11 is 0. The predicted molar refractivity (Wildman–Crippen MR) is 104 cm³/mol. The molecule has 0 unspecified atom stereocenters. The standard InChI is InChI=1S/C23H24F3NO/c1-13-8-17-16-7-5-4-6-14(16)9-18(17)22(27(13)12-23(2,3)26)21-19(24)10-15(28)11-20(21)25/h4-7,10-11,13,22,28H,8-9,12H2,1-3H3/t13-,22+/m1/s1. The first-order chi connectivity index (χ1) is 13.2. The average Bonchev–Trinajstić information content (AvgIpc) is 2.94. The summed E-state index contributed by atoms with van der Waals surface area (Å²) in [7, 11) is 0. The first-order valence-corrected chi connectivity index (χ1v) is 9.58. The van der Waals surface area contributed by atoms with Crippen molar-refractivity contribution in [1.82, 2.24) is 4.90 Å². The Kier molecular flexibility index (Phi) is 4.53. The zero-order chi connectivity index (χ0) is 20.2. The molecule has 1 aliphatic carbocycles. The van der Waals surface area contributed by atoms with Crippen LogP contribution in [0, 0.1) is 11.6 Å². The molecule has 2 aliphatic rings. The monoisotopic (exact) mass is 387 g/mol. The van der Waals surface area contributed by atoms with Gasteiger partial charge in [-0.1, -0.05) is 24.3 Å². The highest BCUT2D eigenvalue weighted by atomic mass is 19.1. The van der Waals surface area contributed by atoms with Crippen LogP contribution in [0.1, 0.15) is 49.9 Å². The molecular weight excluding hydrogens is 363 g/mol. The van der Waals surface area contributed by atoms with Gasteiger partial charge < -0.3 is 5.11 Å².